The molecule has 1 fully saturated rings. The average Bonchev–Trinajstić information content (AvgIpc) is 3.52. The van der Waals surface area contributed by atoms with Crippen LogP contribution in [0.1, 0.15) is 53.7 Å². The molecular formula is C23H26N2O3S2. The predicted molar refractivity (Wildman–Crippen MR) is 119 cm³/mol. The minimum atomic E-state index is -0.781. The van der Waals surface area contributed by atoms with Crippen LogP contribution in [0.5, 0.6) is 0 Å². The second-order valence-corrected chi connectivity index (χ2v) is 9.68. The lowest BCUT2D eigenvalue weighted by Crippen LogP contribution is -2.47. The van der Waals surface area contributed by atoms with Crippen molar-refractivity contribution in [2.45, 2.75) is 57.2 Å². The molecule has 158 valence electrons. The molecule has 30 heavy (non-hydrogen) atoms. The largest absolute Gasteiger partial charge is 0.467 e. The van der Waals surface area contributed by atoms with Crippen molar-refractivity contribution in [1.82, 2.24) is 10.2 Å². The minimum Gasteiger partial charge on any atom is -0.467 e. The molecule has 1 atom stereocenters. The minimum absolute atomic E-state index is 0.0777. The summed E-state index contributed by atoms with van der Waals surface area (Å²) >= 11 is 3.14. The van der Waals surface area contributed by atoms with Gasteiger partial charge in [0.05, 0.1) is 19.2 Å². The quantitative estimate of drug-likeness (QED) is 0.524. The van der Waals surface area contributed by atoms with Gasteiger partial charge in [-0.2, -0.15) is 0 Å². The Kier molecular flexibility index (Phi) is 7.02. The normalized spacial score (nSPS) is 15.6. The van der Waals surface area contributed by atoms with Crippen molar-refractivity contribution in [3.05, 3.63) is 68.9 Å². The van der Waals surface area contributed by atoms with Crippen molar-refractivity contribution in [1.29, 1.82) is 0 Å². The first-order valence-electron chi connectivity index (χ1n) is 10.4. The van der Waals surface area contributed by atoms with Crippen LogP contribution in [0.25, 0.3) is 0 Å². The number of rotatable bonds is 8. The first-order valence-corrected chi connectivity index (χ1v) is 12.1. The fourth-order valence-corrected chi connectivity index (χ4v) is 5.35. The van der Waals surface area contributed by atoms with Crippen molar-refractivity contribution in [2.24, 2.45) is 0 Å². The molecule has 2 amide bonds. The van der Waals surface area contributed by atoms with Gasteiger partial charge in [0, 0.05) is 15.8 Å². The van der Waals surface area contributed by atoms with Crippen molar-refractivity contribution in [2.75, 3.05) is 0 Å². The Morgan fingerprint density at radius 2 is 1.77 bits per heavy atom. The van der Waals surface area contributed by atoms with E-state index in [-0.39, 0.29) is 24.3 Å². The summed E-state index contributed by atoms with van der Waals surface area (Å²) in [5, 5.41) is 7.15. The number of amides is 2. The molecule has 5 nitrogen and oxygen atoms in total. The Morgan fingerprint density at radius 3 is 2.40 bits per heavy atom. The summed E-state index contributed by atoms with van der Waals surface area (Å²) in [7, 11) is 0. The van der Waals surface area contributed by atoms with Gasteiger partial charge in [-0.05, 0) is 47.9 Å². The molecule has 0 unspecified atom stereocenters. The molecule has 7 heteroatoms. The van der Waals surface area contributed by atoms with Gasteiger partial charge in [0.15, 0.2) is 6.04 Å². The molecule has 4 rings (SSSR count). The Hall–Kier alpha value is -2.38. The number of nitrogens with zero attached hydrogens (tertiary/aromatic N) is 1. The van der Waals surface area contributed by atoms with Crippen LogP contribution in [-0.4, -0.2) is 22.8 Å². The first kappa shape index (κ1) is 20.9. The number of carbonyl (C=O) groups is 2. The smallest absolute Gasteiger partial charge is 0.250 e. The lowest BCUT2D eigenvalue weighted by molar-refractivity contribution is -0.142. The van der Waals surface area contributed by atoms with Crippen LogP contribution in [0.2, 0.25) is 0 Å². The van der Waals surface area contributed by atoms with Crippen molar-refractivity contribution in [3.8, 4) is 0 Å². The van der Waals surface area contributed by atoms with E-state index in [9.17, 15) is 9.59 Å². The van der Waals surface area contributed by atoms with Crippen LogP contribution in [0.3, 0.4) is 0 Å². The molecule has 3 aromatic rings. The monoisotopic (exact) mass is 442 g/mol. The highest BCUT2D eigenvalue weighted by Crippen LogP contribution is 2.28. The van der Waals surface area contributed by atoms with E-state index in [1.54, 1.807) is 46.0 Å². The molecule has 3 heterocycles. The fourth-order valence-electron chi connectivity index (χ4n) is 3.96. The van der Waals surface area contributed by atoms with Gasteiger partial charge < -0.3 is 14.6 Å². The first-order chi connectivity index (χ1) is 14.7. The molecule has 0 aliphatic heterocycles. The topological polar surface area (TPSA) is 62.6 Å². The van der Waals surface area contributed by atoms with Crippen molar-refractivity contribution < 1.29 is 14.0 Å². The van der Waals surface area contributed by atoms with E-state index < -0.39 is 6.04 Å². The number of carbonyl (C=O) groups excluding carboxylic acids is 2. The highest BCUT2D eigenvalue weighted by molar-refractivity contribution is 7.10. The van der Waals surface area contributed by atoms with Gasteiger partial charge in [-0.1, -0.05) is 31.4 Å². The Morgan fingerprint density at radius 1 is 1.03 bits per heavy atom. The van der Waals surface area contributed by atoms with Crippen LogP contribution in [-0.2, 0) is 22.6 Å². The standard InChI is InChI=1S/C23H26N2O3S2/c26-21(15-18-9-5-13-29-18)25(16-19-10-6-14-30-19)22(20-11-4-12-28-20)23(27)24-17-7-2-1-3-8-17/h4-6,9-14,17,22H,1-3,7-8,15-16H2,(H,24,27)/t22-/m1/s1. The highest BCUT2D eigenvalue weighted by Gasteiger charge is 2.35. The molecule has 1 saturated carbocycles. The van der Waals surface area contributed by atoms with E-state index in [0.717, 1.165) is 35.4 Å². The predicted octanol–water partition coefficient (Wildman–Crippen LogP) is 5.16. The number of thiophene rings is 2. The van der Waals surface area contributed by atoms with Gasteiger partial charge >= 0.3 is 0 Å². The third-order valence-corrected chi connectivity index (χ3v) is 7.19. The maximum absolute atomic E-state index is 13.4. The summed E-state index contributed by atoms with van der Waals surface area (Å²) in [6, 6.07) is 10.8. The second-order valence-electron chi connectivity index (χ2n) is 7.62. The van der Waals surface area contributed by atoms with Gasteiger partial charge in [0.2, 0.25) is 5.91 Å². The Balaban J connectivity index is 1.61. The van der Waals surface area contributed by atoms with E-state index in [2.05, 4.69) is 5.32 Å². The number of hydrogen-bond donors (Lipinski definition) is 1. The lowest BCUT2D eigenvalue weighted by atomic mass is 9.95. The fraction of sp³-hybridized carbons (Fsp3) is 0.391. The SMILES string of the molecule is O=C(NC1CCCCC1)[C@@H](c1ccco1)N(Cc1cccs1)C(=O)Cc1cccs1. The van der Waals surface area contributed by atoms with Gasteiger partial charge in [0.25, 0.3) is 5.91 Å². The van der Waals surface area contributed by atoms with Crippen molar-refractivity contribution in [3.63, 3.8) is 0 Å². The molecule has 0 saturated heterocycles. The van der Waals surface area contributed by atoms with Gasteiger partial charge in [0.1, 0.15) is 5.76 Å². The summed E-state index contributed by atoms with van der Waals surface area (Å²) in [5.74, 6) is 0.262. The summed E-state index contributed by atoms with van der Waals surface area (Å²) in [4.78, 5) is 30.5. The molecule has 0 radical (unpaired) electrons. The van der Waals surface area contributed by atoms with Crippen molar-refractivity contribution >= 4 is 34.5 Å². The second kappa shape index (κ2) is 10.1. The van der Waals surface area contributed by atoms with E-state index in [1.165, 1.54) is 6.42 Å². The zero-order valence-electron chi connectivity index (χ0n) is 16.8. The summed E-state index contributed by atoms with van der Waals surface area (Å²) < 4.78 is 5.64. The third-order valence-electron chi connectivity index (χ3n) is 5.46. The van der Waals surface area contributed by atoms with E-state index in [4.69, 9.17) is 4.42 Å². The summed E-state index contributed by atoms with van der Waals surface area (Å²) in [5.41, 5.74) is 0. The number of furan rings is 1. The number of nitrogens with one attached hydrogen (secondary N) is 1. The van der Waals surface area contributed by atoms with Gasteiger partial charge in [-0.25, -0.2) is 0 Å². The van der Waals surface area contributed by atoms with E-state index >= 15 is 0 Å². The van der Waals surface area contributed by atoms with Crippen LogP contribution in [0.4, 0.5) is 0 Å². The maximum Gasteiger partial charge on any atom is 0.250 e. The highest BCUT2D eigenvalue weighted by atomic mass is 32.1. The Bertz CT molecular complexity index is 914. The Labute approximate surface area is 184 Å². The maximum atomic E-state index is 13.4. The average molecular weight is 443 g/mol. The molecule has 0 aromatic carbocycles. The molecule has 1 N–H and O–H groups in total. The molecule has 3 aromatic heterocycles. The summed E-state index contributed by atoms with van der Waals surface area (Å²) in [6.07, 6.45) is 7.30. The zero-order valence-corrected chi connectivity index (χ0v) is 18.4. The lowest BCUT2D eigenvalue weighted by Gasteiger charge is -2.32. The van der Waals surface area contributed by atoms with Crippen LogP contribution < -0.4 is 5.32 Å². The molecule has 0 bridgehead atoms. The molecule has 1 aliphatic rings. The van der Waals surface area contributed by atoms with Gasteiger partial charge in [-0.15, -0.1) is 22.7 Å². The van der Waals surface area contributed by atoms with Crippen LogP contribution in [0.15, 0.2) is 57.8 Å². The molecular weight excluding hydrogens is 416 g/mol. The van der Waals surface area contributed by atoms with E-state index in [0.29, 0.717) is 12.3 Å². The summed E-state index contributed by atoms with van der Waals surface area (Å²) in [6.45, 7) is 0.380. The van der Waals surface area contributed by atoms with Gasteiger partial charge in [-0.3, -0.25) is 9.59 Å². The van der Waals surface area contributed by atoms with Crippen LogP contribution in [0, 0.1) is 0 Å². The third kappa shape index (κ3) is 5.21. The number of hydrogen-bond acceptors (Lipinski definition) is 5. The molecule has 0 spiro atoms. The molecule has 1 aliphatic carbocycles. The van der Waals surface area contributed by atoms with E-state index in [1.807, 2.05) is 35.0 Å². The zero-order chi connectivity index (χ0) is 20.8. The van der Waals surface area contributed by atoms with Crippen LogP contribution >= 0.6 is 22.7 Å².